The number of nitrogens with zero attached hydrogens (tertiary/aromatic N) is 1. The minimum Gasteiger partial charge on any atom is -0.496 e. The Bertz CT molecular complexity index is 440. The summed E-state index contributed by atoms with van der Waals surface area (Å²) in [6.07, 6.45) is 0.291. The molecular formula is C12H15BrN2O2. The number of hydrazone groups is 1. The van der Waals surface area contributed by atoms with Gasteiger partial charge in [-0.25, -0.2) is 5.43 Å². The zero-order valence-corrected chi connectivity index (χ0v) is 11.7. The zero-order chi connectivity index (χ0) is 12.8. The fourth-order valence-electron chi connectivity index (χ4n) is 1.22. The highest BCUT2D eigenvalue weighted by Crippen LogP contribution is 2.25. The number of amides is 1. The highest BCUT2D eigenvalue weighted by atomic mass is 79.9. The zero-order valence-electron chi connectivity index (χ0n) is 10.1. The van der Waals surface area contributed by atoms with Gasteiger partial charge in [-0.15, -0.1) is 0 Å². The van der Waals surface area contributed by atoms with Gasteiger partial charge in [0.05, 0.1) is 18.0 Å². The fourth-order valence-corrected chi connectivity index (χ4v) is 1.81. The molecule has 0 aliphatic heterocycles. The van der Waals surface area contributed by atoms with Crippen LogP contribution in [-0.2, 0) is 11.2 Å². The molecule has 1 aromatic carbocycles. The van der Waals surface area contributed by atoms with Crippen molar-refractivity contribution in [1.82, 2.24) is 5.43 Å². The van der Waals surface area contributed by atoms with Crippen molar-refractivity contribution in [1.29, 1.82) is 0 Å². The number of halogens is 1. The molecule has 0 fully saturated rings. The fraction of sp³-hybridized carbons (Fsp3) is 0.333. The number of carbonyl (C=O) groups is 1. The Hall–Kier alpha value is -1.36. The van der Waals surface area contributed by atoms with E-state index >= 15 is 0 Å². The molecule has 1 rings (SSSR count). The highest BCUT2D eigenvalue weighted by Gasteiger charge is 2.05. The molecule has 5 heteroatoms. The second-order valence-electron chi connectivity index (χ2n) is 3.74. The Labute approximate surface area is 109 Å². The minimum atomic E-state index is -0.136. The van der Waals surface area contributed by atoms with Crippen molar-refractivity contribution in [3.05, 3.63) is 28.2 Å². The Balaban J connectivity index is 2.66. The van der Waals surface area contributed by atoms with Crippen LogP contribution in [0.15, 0.2) is 27.8 Å². The number of nitrogens with one attached hydrogen (secondary N) is 1. The van der Waals surface area contributed by atoms with E-state index in [1.807, 2.05) is 32.0 Å². The van der Waals surface area contributed by atoms with Crippen LogP contribution in [0.1, 0.15) is 19.4 Å². The topological polar surface area (TPSA) is 50.7 Å². The maximum Gasteiger partial charge on any atom is 0.244 e. The van der Waals surface area contributed by atoms with Gasteiger partial charge in [-0.3, -0.25) is 4.79 Å². The average Bonchev–Trinajstić information content (AvgIpc) is 2.26. The number of carbonyl (C=O) groups excluding carboxylic acids is 1. The molecule has 4 nitrogen and oxygen atoms in total. The first kappa shape index (κ1) is 13.7. The summed E-state index contributed by atoms with van der Waals surface area (Å²) in [6.45, 7) is 3.65. The van der Waals surface area contributed by atoms with E-state index in [2.05, 4.69) is 26.5 Å². The molecule has 0 atom stereocenters. The molecule has 0 radical (unpaired) electrons. The largest absolute Gasteiger partial charge is 0.496 e. The Morgan fingerprint density at radius 3 is 2.71 bits per heavy atom. The summed E-state index contributed by atoms with van der Waals surface area (Å²) in [5.41, 5.74) is 4.20. The molecule has 0 aliphatic carbocycles. The van der Waals surface area contributed by atoms with E-state index in [1.54, 1.807) is 7.11 Å². The van der Waals surface area contributed by atoms with Crippen LogP contribution in [0.5, 0.6) is 5.75 Å². The van der Waals surface area contributed by atoms with Gasteiger partial charge < -0.3 is 4.74 Å². The van der Waals surface area contributed by atoms with E-state index in [1.165, 1.54) is 0 Å². The van der Waals surface area contributed by atoms with E-state index in [4.69, 9.17) is 4.74 Å². The Morgan fingerprint density at radius 2 is 2.18 bits per heavy atom. The third-order valence-corrected chi connectivity index (χ3v) is 2.60. The second kappa shape index (κ2) is 6.39. The van der Waals surface area contributed by atoms with Gasteiger partial charge in [-0.2, -0.15) is 5.10 Å². The molecule has 0 saturated heterocycles. The van der Waals surface area contributed by atoms with E-state index in [9.17, 15) is 4.79 Å². The lowest BCUT2D eigenvalue weighted by atomic mass is 10.1. The second-order valence-corrected chi connectivity index (χ2v) is 4.59. The molecule has 1 N–H and O–H groups in total. The molecule has 0 aromatic heterocycles. The summed E-state index contributed by atoms with van der Waals surface area (Å²) in [6, 6.07) is 5.54. The van der Waals surface area contributed by atoms with E-state index < -0.39 is 0 Å². The van der Waals surface area contributed by atoms with Gasteiger partial charge in [0.2, 0.25) is 5.91 Å². The predicted molar refractivity (Wildman–Crippen MR) is 71.3 cm³/mol. The van der Waals surface area contributed by atoms with Gasteiger partial charge in [0.15, 0.2) is 0 Å². The summed E-state index contributed by atoms with van der Waals surface area (Å²) < 4.78 is 5.95. The molecular weight excluding hydrogens is 284 g/mol. The van der Waals surface area contributed by atoms with Crippen LogP contribution < -0.4 is 10.2 Å². The summed E-state index contributed by atoms with van der Waals surface area (Å²) in [5.74, 6) is 0.611. The van der Waals surface area contributed by atoms with Crippen molar-refractivity contribution in [2.45, 2.75) is 20.3 Å². The average molecular weight is 299 g/mol. The molecule has 0 unspecified atom stereocenters. The van der Waals surface area contributed by atoms with Crippen LogP contribution in [0.3, 0.4) is 0 Å². The minimum absolute atomic E-state index is 0.136. The van der Waals surface area contributed by atoms with Gasteiger partial charge in [0, 0.05) is 5.71 Å². The molecule has 0 saturated carbocycles. The van der Waals surface area contributed by atoms with E-state index in [-0.39, 0.29) is 5.91 Å². The number of hydrogen-bond acceptors (Lipinski definition) is 3. The maximum absolute atomic E-state index is 11.5. The molecule has 0 aliphatic rings. The van der Waals surface area contributed by atoms with Crippen molar-refractivity contribution in [3.8, 4) is 5.75 Å². The lowest BCUT2D eigenvalue weighted by molar-refractivity contribution is -0.120. The first-order chi connectivity index (χ1) is 8.02. The van der Waals surface area contributed by atoms with E-state index in [0.29, 0.717) is 6.42 Å². The molecule has 92 valence electrons. The molecule has 0 heterocycles. The van der Waals surface area contributed by atoms with Crippen molar-refractivity contribution < 1.29 is 9.53 Å². The predicted octanol–water partition coefficient (Wildman–Crippen LogP) is 2.51. The van der Waals surface area contributed by atoms with Crippen LogP contribution >= 0.6 is 15.9 Å². The first-order valence-electron chi connectivity index (χ1n) is 5.15. The lowest BCUT2D eigenvalue weighted by Crippen LogP contribution is -2.20. The number of methoxy groups -OCH3 is 1. The van der Waals surface area contributed by atoms with Crippen molar-refractivity contribution in [2.24, 2.45) is 5.10 Å². The molecule has 17 heavy (non-hydrogen) atoms. The lowest BCUT2D eigenvalue weighted by Gasteiger charge is -2.05. The van der Waals surface area contributed by atoms with Gasteiger partial charge >= 0.3 is 0 Å². The van der Waals surface area contributed by atoms with Crippen LogP contribution in [-0.4, -0.2) is 18.7 Å². The normalized spacial score (nSPS) is 9.65. The Morgan fingerprint density at radius 1 is 1.47 bits per heavy atom. The number of benzene rings is 1. The van der Waals surface area contributed by atoms with Gasteiger partial charge in [0.1, 0.15) is 5.75 Å². The van der Waals surface area contributed by atoms with Crippen LogP contribution in [0.4, 0.5) is 0 Å². The first-order valence-corrected chi connectivity index (χ1v) is 5.94. The highest BCUT2D eigenvalue weighted by molar-refractivity contribution is 9.10. The van der Waals surface area contributed by atoms with Gasteiger partial charge in [-0.05, 0) is 47.5 Å². The van der Waals surface area contributed by atoms with Crippen molar-refractivity contribution in [3.63, 3.8) is 0 Å². The summed E-state index contributed by atoms with van der Waals surface area (Å²) in [4.78, 5) is 11.5. The number of hydrogen-bond donors (Lipinski definition) is 1. The summed E-state index contributed by atoms with van der Waals surface area (Å²) in [7, 11) is 1.60. The monoisotopic (exact) mass is 298 g/mol. The van der Waals surface area contributed by atoms with Gasteiger partial charge in [-0.1, -0.05) is 6.07 Å². The van der Waals surface area contributed by atoms with Crippen LogP contribution in [0, 0.1) is 0 Å². The smallest absolute Gasteiger partial charge is 0.244 e. The molecule has 1 amide bonds. The Kier molecular flexibility index (Phi) is 5.15. The van der Waals surface area contributed by atoms with E-state index in [0.717, 1.165) is 21.5 Å². The van der Waals surface area contributed by atoms with Crippen LogP contribution in [0.2, 0.25) is 0 Å². The van der Waals surface area contributed by atoms with Gasteiger partial charge in [0.25, 0.3) is 0 Å². The third-order valence-electron chi connectivity index (χ3n) is 1.99. The summed E-state index contributed by atoms with van der Waals surface area (Å²) in [5, 5.41) is 3.86. The molecule has 1 aromatic rings. The van der Waals surface area contributed by atoms with Crippen molar-refractivity contribution >= 4 is 27.5 Å². The quantitative estimate of drug-likeness (QED) is 0.686. The summed E-state index contributed by atoms with van der Waals surface area (Å²) >= 11 is 3.38. The van der Waals surface area contributed by atoms with Crippen molar-refractivity contribution in [2.75, 3.05) is 7.11 Å². The maximum atomic E-state index is 11.5. The molecule has 0 bridgehead atoms. The number of rotatable bonds is 4. The standard InChI is InChI=1S/C12H15BrN2O2/c1-8(2)14-15-12(16)7-9-4-5-11(17-3)10(13)6-9/h4-6H,7H2,1-3H3,(H,15,16). The van der Waals surface area contributed by atoms with Crippen LogP contribution in [0.25, 0.3) is 0 Å². The number of ether oxygens (including phenoxy) is 1. The SMILES string of the molecule is COc1ccc(CC(=O)NN=C(C)C)cc1Br. The molecule has 0 spiro atoms. The third kappa shape index (κ3) is 4.56.